The highest BCUT2D eigenvalue weighted by atomic mass is 16.4. The highest BCUT2D eigenvalue weighted by molar-refractivity contribution is 5.87. The van der Waals surface area contributed by atoms with Gasteiger partial charge in [-0.2, -0.15) is 15.5 Å². The van der Waals surface area contributed by atoms with Crippen molar-refractivity contribution < 1.29 is 9.90 Å². The normalized spacial score (nSPS) is 14.5. The van der Waals surface area contributed by atoms with Crippen LogP contribution in [0.2, 0.25) is 0 Å². The van der Waals surface area contributed by atoms with Crippen molar-refractivity contribution in [2.45, 2.75) is 26.3 Å². The Morgan fingerprint density at radius 1 is 1.05 bits per heavy atom. The molecule has 1 aliphatic rings. The van der Waals surface area contributed by atoms with E-state index in [1.807, 2.05) is 64.7 Å². The van der Waals surface area contributed by atoms with E-state index < -0.39 is 11.6 Å². The molecule has 4 aromatic rings. The van der Waals surface area contributed by atoms with Gasteiger partial charge in [0.05, 0.1) is 23.5 Å². The molecular formula is C28H33N9O2. The van der Waals surface area contributed by atoms with Gasteiger partial charge < -0.3 is 14.9 Å². The second kappa shape index (κ2) is 10.4. The first-order valence-electron chi connectivity index (χ1n) is 13.0. The standard InChI is InChI=1S/C28H33N9O2/c1-28(2,3)36(27(38)39)12-9-34-7-10-35(11-8-34)25-6-5-20(15-30-25)24-13-21(23-17-31-33(4)18-23)19-37-26(24)22(14-29)16-32-37/h5-6,13,15-19H,7-12H2,1-4H3,(H,38,39). The van der Waals surface area contributed by atoms with Crippen molar-refractivity contribution in [3.63, 3.8) is 0 Å². The summed E-state index contributed by atoms with van der Waals surface area (Å²) in [6.45, 7) is 10.3. The van der Waals surface area contributed by atoms with Crippen molar-refractivity contribution in [2.24, 2.45) is 7.05 Å². The number of hydrogen-bond donors (Lipinski definition) is 1. The number of anilines is 1. The Morgan fingerprint density at radius 3 is 2.41 bits per heavy atom. The van der Waals surface area contributed by atoms with E-state index in [1.165, 1.54) is 4.90 Å². The Labute approximate surface area is 227 Å². The molecule has 1 N–H and O–H groups in total. The molecule has 11 heteroatoms. The molecule has 4 aromatic heterocycles. The molecule has 5 heterocycles. The molecule has 0 atom stereocenters. The summed E-state index contributed by atoms with van der Waals surface area (Å²) in [6, 6.07) is 8.37. The van der Waals surface area contributed by atoms with Crippen LogP contribution < -0.4 is 4.90 Å². The van der Waals surface area contributed by atoms with Crippen LogP contribution in [0.5, 0.6) is 0 Å². The number of piperazine rings is 1. The van der Waals surface area contributed by atoms with Crippen molar-refractivity contribution in [1.29, 1.82) is 5.26 Å². The van der Waals surface area contributed by atoms with Gasteiger partial charge in [0.15, 0.2) is 0 Å². The number of nitriles is 1. The van der Waals surface area contributed by atoms with Gasteiger partial charge in [-0.15, -0.1) is 0 Å². The molecule has 0 saturated carbocycles. The van der Waals surface area contributed by atoms with E-state index in [1.54, 1.807) is 15.4 Å². The van der Waals surface area contributed by atoms with E-state index in [0.29, 0.717) is 18.7 Å². The summed E-state index contributed by atoms with van der Waals surface area (Å²) in [5.41, 5.74) is 4.54. The summed E-state index contributed by atoms with van der Waals surface area (Å²) in [7, 11) is 1.88. The zero-order valence-electron chi connectivity index (χ0n) is 22.7. The summed E-state index contributed by atoms with van der Waals surface area (Å²) in [6.07, 6.45) is 8.23. The van der Waals surface area contributed by atoms with Gasteiger partial charge in [-0.1, -0.05) is 0 Å². The number of hydrogen-bond acceptors (Lipinski definition) is 7. The first-order valence-corrected chi connectivity index (χ1v) is 13.0. The lowest BCUT2D eigenvalue weighted by Gasteiger charge is -2.38. The van der Waals surface area contributed by atoms with E-state index >= 15 is 0 Å². The van der Waals surface area contributed by atoms with Crippen LogP contribution in [-0.2, 0) is 7.05 Å². The molecule has 202 valence electrons. The average Bonchev–Trinajstić information content (AvgIpc) is 3.54. The fraction of sp³-hybridized carbons (Fsp3) is 0.393. The van der Waals surface area contributed by atoms with Crippen LogP contribution >= 0.6 is 0 Å². The predicted octanol–water partition coefficient (Wildman–Crippen LogP) is 3.57. The summed E-state index contributed by atoms with van der Waals surface area (Å²) in [5.74, 6) is 0.897. The van der Waals surface area contributed by atoms with Crippen LogP contribution in [0.25, 0.3) is 27.8 Å². The van der Waals surface area contributed by atoms with E-state index in [0.717, 1.165) is 59.8 Å². The van der Waals surface area contributed by atoms with Gasteiger partial charge in [-0.3, -0.25) is 9.58 Å². The SMILES string of the molecule is Cn1cc(-c2cc(-c3ccc(N4CCN(CCN(C(=O)O)C(C)(C)C)CC4)nc3)c3c(C#N)cnn3c2)cn1. The van der Waals surface area contributed by atoms with Gasteiger partial charge in [0, 0.05) is 92.7 Å². The maximum atomic E-state index is 11.6. The molecule has 0 aromatic carbocycles. The lowest BCUT2D eigenvalue weighted by atomic mass is 10.0. The van der Waals surface area contributed by atoms with Crippen LogP contribution in [0.3, 0.4) is 0 Å². The van der Waals surface area contributed by atoms with Crippen LogP contribution in [0.15, 0.2) is 49.2 Å². The minimum atomic E-state index is -0.883. The van der Waals surface area contributed by atoms with Crippen LogP contribution in [0.4, 0.5) is 10.6 Å². The number of carboxylic acid groups (broad SMARTS) is 1. The molecule has 0 unspecified atom stereocenters. The van der Waals surface area contributed by atoms with Crippen molar-refractivity contribution in [3.8, 4) is 28.3 Å². The second-order valence-corrected chi connectivity index (χ2v) is 10.8. The molecule has 1 saturated heterocycles. The Hall–Kier alpha value is -4.43. The molecule has 1 amide bonds. The topological polar surface area (TPSA) is 119 Å². The Kier molecular flexibility index (Phi) is 6.97. The molecule has 0 bridgehead atoms. The van der Waals surface area contributed by atoms with Gasteiger partial charge in [0.25, 0.3) is 0 Å². The number of rotatable bonds is 6. The lowest BCUT2D eigenvalue weighted by Crippen LogP contribution is -2.52. The Bertz CT molecular complexity index is 1520. The van der Waals surface area contributed by atoms with Crippen LogP contribution in [-0.4, -0.2) is 90.2 Å². The van der Waals surface area contributed by atoms with Crippen molar-refractivity contribution >= 4 is 17.4 Å². The van der Waals surface area contributed by atoms with Gasteiger partial charge in [0.1, 0.15) is 11.9 Å². The molecule has 0 aliphatic carbocycles. The van der Waals surface area contributed by atoms with Gasteiger partial charge in [0.2, 0.25) is 0 Å². The van der Waals surface area contributed by atoms with Crippen LogP contribution in [0, 0.1) is 11.3 Å². The highest BCUT2D eigenvalue weighted by Gasteiger charge is 2.27. The minimum absolute atomic E-state index is 0.423. The maximum absolute atomic E-state index is 11.6. The smallest absolute Gasteiger partial charge is 0.407 e. The molecule has 5 rings (SSSR count). The Morgan fingerprint density at radius 2 is 1.82 bits per heavy atom. The number of pyridine rings is 2. The van der Waals surface area contributed by atoms with E-state index in [9.17, 15) is 15.2 Å². The Balaban J connectivity index is 1.32. The monoisotopic (exact) mass is 527 g/mol. The first-order chi connectivity index (χ1) is 18.6. The molecule has 0 spiro atoms. The zero-order chi connectivity index (χ0) is 27.7. The van der Waals surface area contributed by atoms with Crippen molar-refractivity contribution in [1.82, 2.24) is 34.2 Å². The van der Waals surface area contributed by atoms with E-state index in [-0.39, 0.29) is 0 Å². The maximum Gasteiger partial charge on any atom is 0.407 e. The van der Waals surface area contributed by atoms with E-state index in [2.05, 4.69) is 32.1 Å². The van der Waals surface area contributed by atoms with Gasteiger partial charge >= 0.3 is 6.09 Å². The molecule has 1 fully saturated rings. The molecule has 39 heavy (non-hydrogen) atoms. The highest BCUT2D eigenvalue weighted by Crippen LogP contribution is 2.32. The minimum Gasteiger partial charge on any atom is -0.465 e. The third-order valence-electron chi connectivity index (χ3n) is 7.21. The predicted molar refractivity (Wildman–Crippen MR) is 148 cm³/mol. The fourth-order valence-electron chi connectivity index (χ4n) is 5.04. The van der Waals surface area contributed by atoms with Crippen molar-refractivity contribution in [3.05, 3.63) is 54.7 Å². The molecule has 0 radical (unpaired) electrons. The lowest BCUT2D eigenvalue weighted by molar-refractivity contribution is 0.0901. The van der Waals surface area contributed by atoms with Crippen molar-refractivity contribution in [2.75, 3.05) is 44.2 Å². The van der Waals surface area contributed by atoms with Crippen LogP contribution in [0.1, 0.15) is 26.3 Å². The first kappa shape index (κ1) is 26.2. The summed E-state index contributed by atoms with van der Waals surface area (Å²) < 4.78 is 3.50. The third-order valence-corrected chi connectivity index (χ3v) is 7.21. The third kappa shape index (κ3) is 5.42. The quantitative estimate of drug-likeness (QED) is 0.404. The fourth-order valence-corrected chi connectivity index (χ4v) is 5.04. The average molecular weight is 528 g/mol. The van der Waals surface area contributed by atoms with E-state index in [4.69, 9.17) is 4.98 Å². The number of aryl methyl sites for hydroxylation is 1. The number of carbonyl (C=O) groups is 1. The van der Waals surface area contributed by atoms with Gasteiger partial charge in [-0.25, -0.2) is 14.3 Å². The zero-order valence-corrected chi connectivity index (χ0v) is 22.7. The largest absolute Gasteiger partial charge is 0.465 e. The summed E-state index contributed by atoms with van der Waals surface area (Å²) >= 11 is 0. The second-order valence-electron chi connectivity index (χ2n) is 10.8. The molecule has 11 nitrogen and oxygen atoms in total. The number of nitrogens with zero attached hydrogens (tertiary/aromatic N) is 9. The number of aromatic nitrogens is 5. The number of amides is 1. The summed E-state index contributed by atoms with van der Waals surface area (Å²) in [4.78, 5) is 22.5. The molecule has 1 aliphatic heterocycles. The molecular weight excluding hydrogens is 494 g/mol. The summed E-state index contributed by atoms with van der Waals surface area (Å²) in [5, 5.41) is 27.9. The number of fused-ring (bicyclic) bond motifs is 1. The van der Waals surface area contributed by atoms with Gasteiger partial charge in [-0.05, 0) is 39.0 Å².